The van der Waals surface area contributed by atoms with Gasteiger partial charge in [0.05, 0.1) is 0 Å². The molecule has 0 aliphatic rings. The van der Waals surface area contributed by atoms with Crippen LogP contribution in [0.3, 0.4) is 0 Å². The van der Waals surface area contributed by atoms with Gasteiger partial charge in [0.1, 0.15) is 6.29 Å². The molecule has 0 amide bonds. The number of hydrogen-bond donors (Lipinski definition) is 0. The largest absolute Gasteiger partial charge is 0.303 e. The maximum atomic E-state index is 11.2. The number of ketones is 1. The van der Waals surface area contributed by atoms with Crippen LogP contribution in [0, 0.1) is 0 Å². The third kappa shape index (κ3) is 2.51. The summed E-state index contributed by atoms with van der Waals surface area (Å²) in [7, 11) is 0. The normalized spacial score (nSPS) is 9.62. The minimum atomic E-state index is 0.137. The molecule has 0 radical (unpaired) electrons. The van der Waals surface area contributed by atoms with Crippen molar-refractivity contribution in [3.63, 3.8) is 0 Å². The van der Waals surface area contributed by atoms with E-state index in [2.05, 4.69) is 0 Å². The van der Waals surface area contributed by atoms with Crippen LogP contribution in [0.1, 0.15) is 29.3 Å². The van der Waals surface area contributed by atoms with Gasteiger partial charge in [-0.2, -0.15) is 0 Å². The maximum Gasteiger partial charge on any atom is 0.162 e. The van der Waals surface area contributed by atoms with E-state index in [1.165, 1.54) is 0 Å². The van der Waals surface area contributed by atoms with Crippen LogP contribution >= 0.6 is 0 Å². The van der Waals surface area contributed by atoms with Crippen molar-refractivity contribution in [1.29, 1.82) is 0 Å². The van der Waals surface area contributed by atoms with E-state index in [9.17, 15) is 9.59 Å². The minimum Gasteiger partial charge on any atom is -0.303 e. The number of hydrogen-bond acceptors (Lipinski definition) is 2. The molecule has 0 aromatic heterocycles. The van der Waals surface area contributed by atoms with Crippen LogP contribution in [0.25, 0.3) is 0 Å². The molecule has 0 fully saturated rings. The first kappa shape index (κ1) is 9.65. The van der Waals surface area contributed by atoms with Crippen LogP contribution < -0.4 is 0 Å². The van der Waals surface area contributed by atoms with Gasteiger partial charge < -0.3 is 4.79 Å². The molecule has 0 atom stereocenters. The minimum absolute atomic E-state index is 0.137. The van der Waals surface area contributed by atoms with Gasteiger partial charge >= 0.3 is 0 Å². The van der Waals surface area contributed by atoms with E-state index < -0.39 is 0 Å². The first-order valence-corrected chi connectivity index (χ1v) is 4.33. The van der Waals surface area contributed by atoms with E-state index in [1.807, 2.05) is 19.1 Å². The van der Waals surface area contributed by atoms with Crippen molar-refractivity contribution >= 4 is 12.1 Å². The van der Waals surface area contributed by atoms with Crippen molar-refractivity contribution in [2.45, 2.75) is 19.8 Å². The maximum absolute atomic E-state index is 11.2. The van der Waals surface area contributed by atoms with Crippen molar-refractivity contribution in [3.8, 4) is 0 Å². The summed E-state index contributed by atoms with van der Waals surface area (Å²) in [5, 5.41) is 0. The van der Waals surface area contributed by atoms with Crippen molar-refractivity contribution in [1.82, 2.24) is 0 Å². The molecule has 0 spiro atoms. The van der Waals surface area contributed by atoms with Gasteiger partial charge in [0.25, 0.3) is 0 Å². The smallest absolute Gasteiger partial charge is 0.162 e. The van der Waals surface area contributed by atoms with Gasteiger partial charge in [0.2, 0.25) is 0 Å². The average molecular weight is 176 g/mol. The lowest BCUT2D eigenvalue weighted by Gasteiger charge is -1.98. The molecule has 0 saturated carbocycles. The highest BCUT2D eigenvalue weighted by molar-refractivity contribution is 5.95. The second-order valence-electron chi connectivity index (χ2n) is 2.84. The average Bonchev–Trinajstić information content (AvgIpc) is 2.18. The van der Waals surface area contributed by atoms with Gasteiger partial charge in [-0.15, -0.1) is 0 Å². The summed E-state index contributed by atoms with van der Waals surface area (Å²) in [5.41, 5.74) is 1.67. The Bertz CT molecular complexity index is 298. The summed E-state index contributed by atoms with van der Waals surface area (Å²) in [5.74, 6) is 0.137. The standard InChI is InChI=1S/C11H12O2/c1-2-11(13)10-5-3-9(4-6-10)7-8-12/h3-6,8H,2,7H2,1H3. The molecule has 0 bridgehead atoms. The Labute approximate surface area is 77.6 Å². The molecule has 1 rings (SSSR count). The van der Waals surface area contributed by atoms with Crippen LogP contribution in [-0.4, -0.2) is 12.1 Å². The van der Waals surface area contributed by atoms with Gasteiger partial charge in [-0.3, -0.25) is 4.79 Å². The van der Waals surface area contributed by atoms with E-state index in [4.69, 9.17) is 0 Å². The Hall–Kier alpha value is -1.44. The van der Waals surface area contributed by atoms with E-state index in [0.29, 0.717) is 12.8 Å². The summed E-state index contributed by atoms with van der Waals surface area (Å²) >= 11 is 0. The SMILES string of the molecule is CCC(=O)c1ccc(CC=O)cc1. The van der Waals surface area contributed by atoms with Crippen molar-refractivity contribution in [3.05, 3.63) is 35.4 Å². The van der Waals surface area contributed by atoms with Crippen LogP contribution in [0.5, 0.6) is 0 Å². The molecule has 13 heavy (non-hydrogen) atoms. The van der Waals surface area contributed by atoms with Crippen LogP contribution in [-0.2, 0) is 11.2 Å². The van der Waals surface area contributed by atoms with Gasteiger partial charge in [-0.05, 0) is 5.56 Å². The van der Waals surface area contributed by atoms with Crippen molar-refractivity contribution in [2.75, 3.05) is 0 Å². The Morgan fingerprint density at radius 1 is 1.31 bits per heavy atom. The molecule has 0 aliphatic heterocycles. The molecular weight excluding hydrogens is 164 g/mol. The molecular formula is C11H12O2. The van der Waals surface area contributed by atoms with E-state index >= 15 is 0 Å². The molecule has 2 heteroatoms. The van der Waals surface area contributed by atoms with E-state index in [1.54, 1.807) is 12.1 Å². The Balaban J connectivity index is 2.80. The fraction of sp³-hybridized carbons (Fsp3) is 0.273. The van der Waals surface area contributed by atoms with Crippen LogP contribution in [0.15, 0.2) is 24.3 Å². The highest BCUT2D eigenvalue weighted by atomic mass is 16.1. The molecule has 68 valence electrons. The van der Waals surface area contributed by atoms with Gasteiger partial charge in [-0.1, -0.05) is 31.2 Å². The molecule has 0 unspecified atom stereocenters. The predicted octanol–water partition coefficient (Wildman–Crippen LogP) is 2.02. The Morgan fingerprint density at radius 3 is 2.38 bits per heavy atom. The zero-order chi connectivity index (χ0) is 9.68. The first-order valence-electron chi connectivity index (χ1n) is 4.33. The fourth-order valence-corrected chi connectivity index (χ4v) is 1.13. The summed E-state index contributed by atoms with van der Waals surface area (Å²) in [6, 6.07) is 7.17. The van der Waals surface area contributed by atoms with Crippen molar-refractivity contribution in [2.24, 2.45) is 0 Å². The lowest BCUT2D eigenvalue weighted by Crippen LogP contribution is -1.96. The zero-order valence-corrected chi connectivity index (χ0v) is 7.62. The zero-order valence-electron chi connectivity index (χ0n) is 7.62. The van der Waals surface area contributed by atoms with Crippen LogP contribution in [0.2, 0.25) is 0 Å². The summed E-state index contributed by atoms with van der Waals surface area (Å²) in [6.45, 7) is 1.83. The second-order valence-corrected chi connectivity index (χ2v) is 2.84. The molecule has 0 aliphatic carbocycles. The molecule has 1 aromatic rings. The highest BCUT2D eigenvalue weighted by Crippen LogP contribution is 2.06. The topological polar surface area (TPSA) is 34.1 Å². The highest BCUT2D eigenvalue weighted by Gasteiger charge is 2.01. The summed E-state index contributed by atoms with van der Waals surface area (Å²) < 4.78 is 0. The predicted molar refractivity (Wildman–Crippen MR) is 50.8 cm³/mol. The molecule has 1 aromatic carbocycles. The number of benzene rings is 1. The lowest BCUT2D eigenvalue weighted by molar-refractivity contribution is -0.107. The second kappa shape index (κ2) is 4.55. The number of carbonyl (C=O) groups excluding carboxylic acids is 2. The third-order valence-electron chi connectivity index (χ3n) is 1.92. The van der Waals surface area contributed by atoms with Crippen LogP contribution in [0.4, 0.5) is 0 Å². The van der Waals surface area contributed by atoms with Gasteiger partial charge in [0, 0.05) is 18.4 Å². The van der Waals surface area contributed by atoms with E-state index in [0.717, 1.165) is 17.4 Å². The van der Waals surface area contributed by atoms with Gasteiger partial charge in [0.15, 0.2) is 5.78 Å². The summed E-state index contributed by atoms with van der Waals surface area (Å²) in [4.78, 5) is 21.4. The number of carbonyl (C=O) groups is 2. The van der Waals surface area contributed by atoms with Crippen molar-refractivity contribution < 1.29 is 9.59 Å². The lowest BCUT2D eigenvalue weighted by atomic mass is 10.1. The third-order valence-corrected chi connectivity index (χ3v) is 1.92. The monoisotopic (exact) mass is 176 g/mol. The van der Waals surface area contributed by atoms with Gasteiger partial charge in [-0.25, -0.2) is 0 Å². The quantitative estimate of drug-likeness (QED) is 0.519. The molecule has 0 N–H and O–H groups in total. The molecule has 2 nitrogen and oxygen atoms in total. The molecule has 0 saturated heterocycles. The Morgan fingerprint density at radius 2 is 1.92 bits per heavy atom. The first-order chi connectivity index (χ1) is 6.27. The van der Waals surface area contributed by atoms with E-state index in [-0.39, 0.29) is 5.78 Å². The number of Topliss-reactive ketones (excluding diaryl/α,β-unsaturated/α-hetero) is 1. The molecule has 0 heterocycles. The number of rotatable bonds is 4. The summed E-state index contributed by atoms with van der Waals surface area (Å²) in [6.07, 6.45) is 1.80. The fourth-order valence-electron chi connectivity index (χ4n) is 1.13. The Kier molecular flexibility index (Phi) is 3.38. The number of aldehydes is 1.